The maximum Gasteiger partial charge on any atom is 0.333 e. The maximum atomic E-state index is 12.5. The number of furan rings is 1. The number of allylic oxidation sites excluding steroid dienone is 1. The Morgan fingerprint density at radius 1 is 1.18 bits per heavy atom. The lowest BCUT2D eigenvalue weighted by Crippen LogP contribution is -2.10. The Bertz CT molecular complexity index is 875. The maximum absolute atomic E-state index is 12.5. The highest BCUT2D eigenvalue weighted by Crippen LogP contribution is 2.59. The van der Waals surface area contributed by atoms with Gasteiger partial charge in [-0.2, -0.15) is 0 Å². The first-order chi connectivity index (χ1) is 13.3. The van der Waals surface area contributed by atoms with E-state index in [0.29, 0.717) is 12.0 Å². The van der Waals surface area contributed by atoms with Crippen LogP contribution in [0.1, 0.15) is 37.7 Å². The van der Waals surface area contributed by atoms with Crippen LogP contribution in [0.2, 0.25) is 0 Å². The van der Waals surface area contributed by atoms with Gasteiger partial charge in [-0.15, -0.1) is 0 Å². The summed E-state index contributed by atoms with van der Waals surface area (Å²) in [7, 11) is 1.35. The van der Waals surface area contributed by atoms with E-state index in [1.165, 1.54) is 7.11 Å². The van der Waals surface area contributed by atoms with Gasteiger partial charge in [0.05, 0.1) is 19.3 Å². The minimum absolute atomic E-state index is 0.0305. The molecule has 3 rings (SSSR count). The number of benzene rings is 1. The van der Waals surface area contributed by atoms with Crippen molar-refractivity contribution in [1.82, 2.24) is 0 Å². The van der Waals surface area contributed by atoms with Crippen LogP contribution in [0, 0.1) is 17.3 Å². The molecule has 0 spiro atoms. The van der Waals surface area contributed by atoms with Gasteiger partial charge in [-0.05, 0) is 29.9 Å². The molecule has 5 heteroatoms. The fraction of sp³-hybridized carbons (Fsp3) is 0.391. The van der Waals surface area contributed by atoms with Gasteiger partial charge < -0.3 is 13.9 Å². The van der Waals surface area contributed by atoms with Gasteiger partial charge >= 0.3 is 11.9 Å². The van der Waals surface area contributed by atoms with Crippen LogP contribution in [0.25, 0.3) is 0 Å². The molecule has 28 heavy (non-hydrogen) atoms. The first kappa shape index (κ1) is 19.9. The Morgan fingerprint density at radius 3 is 2.57 bits per heavy atom. The van der Waals surface area contributed by atoms with E-state index in [-0.39, 0.29) is 35.8 Å². The highest BCUT2D eigenvalue weighted by Gasteiger charge is 2.61. The van der Waals surface area contributed by atoms with Crippen molar-refractivity contribution < 1.29 is 23.5 Å². The number of rotatable bonds is 7. The van der Waals surface area contributed by atoms with Gasteiger partial charge in [-0.25, -0.2) is 4.79 Å². The van der Waals surface area contributed by atoms with Crippen molar-refractivity contribution in [3.05, 3.63) is 71.2 Å². The average Bonchev–Trinajstić information content (AvgIpc) is 3.00. The van der Waals surface area contributed by atoms with Crippen LogP contribution in [0.3, 0.4) is 0 Å². The molecule has 5 nitrogen and oxygen atoms in total. The number of ether oxygens (including phenoxy) is 2. The highest BCUT2D eigenvalue weighted by atomic mass is 16.5. The molecule has 2 aromatic rings. The van der Waals surface area contributed by atoms with Gasteiger partial charge in [0.25, 0.3) is 0 Å². The fourth-order valence-corrected chi connectivity index (χ4v) is 3.57. The Balaban J connectivity index is 1.55. The number of carbonyl (C=O) groups excluding carboxylic acids is 2. The summed E-state index contributed by atoms with van der Waals surface area (Å²) in [6.45, 7) is 5.87. The quantitative estimate of drug-likeness (QED) is 0.527. The Morgan fingerprint density at radius 2 is 1.89 bits per heavy atom. The van der Waals surface area contributed by atoms with Crippen LogP contribution in [0.15, 0.2) is 58.7 Å². The molecular formula is C23H26O5. The molecule has 1 saturated carbocycles. The molecule has 1 aliphatic rings. The minimum atomic E-state index is -0.376. The number of hydrogen-bond acceptors (Lipinski definition) is 5. The topological polar surface area (TPSA) is 65.7 Å². The highest BCUT2D eigenvalue weighted by molar-refractivity contribution is 5.88. The summed E-state index contributed by atoms with van der Waals surface area (Å²) in [5, 5.41) is 0. The van der Waals surface area contributed by atoms with Crippen LogP contribution in [0.5, 0.6) is 0 Å². The second-order valence-electron chi connectivity index (χ2n) is 7.86. The molecule has 148 valence electrons. The van der Waals surface area contributed by atoms with Crippen LogP contribution < -0.4 is 0 Å². The predicted octanol–water partition coefficient (Wildman–Crippen LogP) is 4.31. The van der Waals surface area contributed by atoms with Crippen molar-refractivity contribution in [2.75, 3.05) is 7.11 Å². The normalized spacial score (nSPS) is 20.5. The average molecular weight is 382 g/mol. The summed E-state index contributed by atoms with van der Waals surface area (Å²) in [4.78, 5) is 24.1. The molecule has 2 atom stereocenters. The van der Waals surface area contributed by atoms with Gasteiger partial charge in [0, 0.05) is 17.6 Å². The monoisotopic (exact) mass is 382 g/mol. The first-order valence-corrected chi connectivity index (χ1v) is 9.36. The SMILES string of the molecule is COC(=O)/C(C)=C/C1C(C(=O)OCc2coc(Cc3ccccc3)c2)C1(C)C. The minimum Gasteiger partial charge on any atom is -0.469 e. The molecule has 0 N–H and O–H groups in total. The third-order valence-electron chi connectivity index (χ3n) is 5.41. The van der Waals surface area contributed by atoms with Gasteiger partial charge in [0.2, 0.25) is 0 Å². The van der Waals surface area contributed by atoms with Crippen molar-refractivity contribution in [2.45, 2.75) is 33.8 Å². The molecular weight excluding hydrogens is 356 g/mol. The summed E-state index contributed by atoms with van der Waals surface area (Å²) < 4.78 is 15.8. The second-order valence-corrected chi connectivity index (χ2v) is 7.86. The van der Waals surface area contributed by atoms with Crippen molar-refractivity contribution in [1.29, 1.82) is 0 Å². The Kier molecular flexibility index (Phi) is 5.73. The number of methoxy groups -OCH3 is 1. The summed E-state index contributed by atoms with van der Waals surface area (Å²) in [5.74, 6) is -0.0905. The largest absolute Gasteiger partial charge is 0.469 e. The van der Waals surface area contributed by atoms with Gasteiger partial charge in [-0.1, -0.05) is 50.3 Å². The molecule has 1 heterocycles. The number of hydrogen-bond donors (Lipinski definition) is 0. The Hall–Kier alpha value is -2.82. The zero-order chi connectivity index (χ0) is 20.3. The Labute approximate surface area is 165 Å². The molecule has 1 aromatic heterocycles. The smallest absolute Gasteiger partial charge is 0.333 e. The second kappa shape index (κ2) is 8.05. The lowest BCUT2D eigenvalue weighted by molar-refractivity contribution is -0.147. The fourth-order valence-electron chi connectivity index (χ4n) is 3.57. The lowest BCUT2D eigenvalue weighted by Gasteiger charge is -2.03. The van der Waals surface area contributed by atoms with E-state index in [1.807, 2.05) is 56.3 Å². The van der Waals surface area contributed by atoms with Gasteiger partial charge in [0.1, 0.15) is 12.4 Å². The van der Waals surface area contributed by atoms with Crippen molar-refractivity contribution in [3.8, 4) is 0 Å². The molecule has 2 unspecified atom stereocenters. The molecule has 1 fully saturated rings. The van der Waals surface area contributed by atoms with E-state index in [1.54, 1.807) is 13.2 Å². The molecule has 0 bridgehead atoms. The van der Waals surface area contributed by atoms with Crippen LogP contribution >= 0.6 is 0 Å². The number of carbonyl (C=O) groups is 2. The molecule has 0 aliphatic heterocycles. The van der Waals surface area contributed by atoms with E-state index in [2.05, 4.69) is 0 Å². The first-order valence-electron chi connectivity index (χ1n) is 9.36. The third kappa shape index (κ3) is 4.35. The van der Waals surface area contributed by atoms with Crippen LogP contribution in [-0.2, 0) is 32.1 Å². The zero-order valence-electron chi connectivity index (χ0n) is 16.7. The summed E-state index contributed by atoms with van der Waals surface area (Å²) in [6, 6.07) is 12.0. The van der Waals surface area contributed by atoms with E-state index < -0.39 is 0 Å². The van der Waals surface area contributed by atoms with Gasteiger partial charge in [0.15, 0.2) is 0 Å². The third-order valence-corrected chi connectivity index (χ3v) is 5.41. The van der Waals surface area contributed by atoms with E-state index >= 15 is 0 Å². The van der Waals surface area contributed by atoms with Crippen molar-refractivity contribution >= 4 is 11.9 Å². The van der Waals surface area contributed by atoms with Crippen LogP contribution in [-0.4, -0.2) is 19.0 Å². The molecule has 0 radical (unpaired) electrons. The van der Waals surface area contributed by atoms with E-state index in [0.717, 1.165) is 16.9 Å². The number of esters is 2. The molecule has 1 aromatic carbocycles. The van der Waals surface area contributed by atoms with Gasteiger partial charge in [-0.3, -0.25) is 4.79 Å². The van der Waals surface area contributed by atoms with Crippen LogP contribution in [0.4, 0.5) is 0 Å². The standard InChI is InChI=1S/C23H26O5/c1-15(21(24)26-4)10-19-20(23(19,2)3)22(25)28-14-17-12-18(27-13-17)11-16-8-6-5-7-9-16/h5-10,12-13,19-20H,11,14H2,1-4H3/b15-10+. The summed E-state index contributed by atoms with van der Waals surface area (Å²) >= 11 is 0. The molecule has 0 saturated heterocycles. The van der Waals surface area contributed by atoms with E-state index in [9.17, 15) is 9.59 Å². The summed E-state index contributed by atoms with van der Waals surface area (Å²) in [6.07, 6.45) is 4.14. The predicted molar refractivity (Wildman–Crippen MR) is 104 cm³/mol. The molecule has 1 aliphatic carbocycles. The van der Waals surface area contributed by atoms with Crippen molar-refractivity contribution in [3.63, 3.8) is 0 Å². The molecule has 0 amide bonds. The zero-order valence-corrected chi connectivity index (χ0v) is 16.7. The van der Waals surface area contributed by atoms with E-state index in [4.69, 9.17) is 13.9 Å². The van der Waals surface area contributed by atoms with Crippen molar-refractivity contribution in [2.24, 2.45) is 17.3 Å². The summed E-state index contributed by atoms with van der Waals surface area (Å²) in [5.41, 5.74) is 2.27. The lowest BCUT2D eigenvalue weighted by atomic mass is 10.1.